The highest BCUT2D eigenvalue weighted by molar-refractivity contribution is 6.01. The van der Waals surface area contributed by atoms with Crippen LogP contribution in [0.25, 0.3) is 0 Å². The van der Waals surface area contributed by atoms with Gasteiger partial charge in [0.25, 0.3) is 0 Å². The molecule has 0 bridgehead atoms. The van der Waals surface area contributed by atoms with E-state index in [1.165, 1.54) is 0 Å². The maximum absolute atomic E-state index is 12.9. The number of nitrogens with zero attached hydrogens (tertiary/aromatic N) is 3. The van der Waals surface area contributed by atoms with E-state index in [9.17, 15) is 9.59 Å². The van der Waals surface area contributed by atoms with Crippen LogP contribution >= 0.6 is 0 Å². The topological polar surface area (TPSA) is 66.7 Å². The molecule has 1 saturated heterocycles. The van der Waals surface area contributed by atoms with Crippen LogP contribution in [0, 0.1) is 13.8 Å². The summed E-state index contributed by atoms with van der Waals surface area (Å²) in [5.74, 6) is 0.759. The fourth-order valence-corrected chi connectivity index (χ4v) is 3.62. The van der Waals surface area contributed by atoms with Crippen molar-refractivity contribution in [3.63, 3.8) is 0 Å². The van der Waals surface area contributed by atoms with E-state index in [1.807, 2.05) is 51.1 Å². The number of carbonyl (C=O) groups is 2. The van der Waals surface area contributed by atoms with E-state index < -0.39 is 0 Å². The van der Waals surface area contributed by atoms with Gasteiger partial charge in [0.15, 0.2) is 0 Å². The van der Waals surface area contributed by atoms with Crippen molar-refractivity contribution in [3.05, 3.63) is 47.3 Å². The average Bonchev–Trinajstić information content (AvgIpc) is 3.18. The predicted molar refractivity (Wildman–Crippen MR) is 98.9 cm³/mol. The number of benzene rings is 1. The molecule has 138 valence electrons. The first-order valence-electron chi connectivity index (χ1n) is 9.10. The van der Waals surface area contributed by atoms with Gasteiger partial charge in [-0.05, 0) is 45.7 Å². The number of aryl methyl sites for hydroxylation is 2. The lowest BCUT2D eigenvalue weighted by molar-refractivity contribution is -0.138. The monoisotopic (exact) mass is 355 g/mol. The number of likely N-dealkylation sites (N-methyl/N-ethyl adjacent to an activating group) is 1. The number of hydrogen-bond donors (Lipinski definition) is 0. The van der Waals surface area contributed by atoms with Crippen molar-refractivity contribution in [1.29, 1.82) is 0 Å². The van der Waals surface area contributed by atoms with Crippen molar-refractivity contribution in [1.82, 2.24) is 10.1 Å². The summed E-state index contributed by atoms with van der Waals surface area (Å²) in [5, 5.41) is 3.93. The molecule has 2 heterocycles. The Bertz CT molecular complexity index is 765. The Morgan fingerprint density at radius 2 is 2.04 bits per heavy atom. The van der Waals surface area contributed by atoms with Gasteiger partial charge in [0.1, 0.15) is 11.8 Å². The van der Waals surface area contributed by atoms with Gasteiger partial charge in [0.05, 0.1) is 5.69 Å². The van der Waals surface area contributed by atoms with E-state index in [4.69, 9.17) is 4.52 Å². The van der Waals surface area contributed by atoms with Crippen molar-refractivity contribution in [2.45, 2.75) is 46.1 Å². The van der Waals surface area contributed by atoms with Crippen LogP contribution in [0.5, 0.6) is 0 Å². The normalized spacial score (nSPS) is 17.0. The molecule has 0 aliphatic carbocycles. The first kappa shape index (κ1) is 18.2. The minimum absolute atomic E-state index is 0.000705. The molecule has 0 saturated carbocycles. The smallest absolute Gasteiger partial charge is 0.249 e. The Morgan fingerprint density at radius 1 is 1.31 bits per heavy atom. The summed E-state index contributed by atoms with van der Waals surface area (Å²) < 4.78 is 5.16. The molecule has 0 spiro atoms. The van der Waals surface area contributed by atoms with Gasteiger partial charge in [0.2, 0.25) is 11.8 Å². The summed E-state index contributed by atoms with van der Waals surface area (Å²) in [4.78, 5) is 29.1. The molecule has 6 nitrogen and oxygen atoms in total. The van der Waals surface area contributed by atoms with Crippen molar-refractivity contribution in [2.24, 2.45) is 0 Å². The van der Waals surface area contributed by atoms with Crippen molar-refractivity contribution < 1.29 is 14.1 Å². The van der Waals surface area contributed by atoms with E-state index in [0.717, 1.165) is 22.7 Å². The van der Waals surface area contributed by atoms with Crippen LogP contribution in [0.3, 0.4) is 0 Å². The number of para-hydroxylation sites is 1. The third-order valence-electron chi connectivity index (χ3n) is 5.05. The first-order valence-corrected chi connectivity index (χ1v) is 9.10. The highest BCUT2D eigenvalue weighted by Crippen LogP contribution is 2.25. The molecule has 1 aromatic carbocycles. The van der Waals surface area contributed by atoms with Crippen LogP contribution in [-0.4, -0.2) is 41.0 Å². The molecule has 3 rings (SSSR count). The molecular formula is C20H25N3O3. The molecule has 0 N–H and O–H groups in total. The average molecular weight is 355 g/mol. The first-order chi connectivity index (χ1) is 12.5. The Balaban J connectivity index is 1.67. The number of amides is 2. The summed E-state index contributed by atoms with van der Waals surface area (Å²) in [6.45, 7) is 6.83. The summed E-state index contributed by atoms with van der Waals surface area (Å²) in [5.41, 5.74) is 2.70. The summed E-state index contributed by atoms with van der Waals surface area (Å²) >= 11 is 0. The van der Waals surface area contributed by atoms with Gasteiger partial charge >= 0.3 is 0 Å². The van der Waals surface area contributed by atoms with Crippen LogP contribution in [0.4, 0.5) is 5.69 Å². The van der Waals surface area contributed by atoms with E-state index >= 15 is 0 Å². The highest BCUT2D eigenvalue weighted by Gasteiger charge is 2.38. The number of carbonyl (C=O) groups excluding carboxylic acids is 2. The van der Waals surface area contributed by atoms with Crippen LogP contribution < -0.4 is 4.90 Å². The van der Waals surface area contributed by atoms with E-state index in [2.05, 4.69) is 5.16 Å². The number of aromatic nitrogens is 1. The number of hydrogen-bond acceptors (Lipinski definition) is 4. The Hall–Kier alpha value is -2.63. The molecule has 0 radical (unpaired) electrons. The number of rotatable bonds is 6. The fraction of sp³-hybridized carbons (Fsp3) is 0.450. The largest absolute Gasteiger partial charge is 0.361 e. The van der Waals surface area contributed by atoms with Gasteiger partial charge in [-0.2, -0.15) is 0 Å². The van der Waals surface area contributed by atoms with Crippen LogP contribution in [0.1, 0.15) is 36.8 Å². The third kappa shape index (κ3) is 3.49. The molecular weight excluding hydrogens is 330 g/mol. The SMILES string of the molecule is CCN(C(=O)CCc1c(C)noc1C)[C@@H]1CCN(c2ccccc2)C1=O. The molecule has 6 heteroatoms. The van der Waals surface area contributed by atoms with Gasteiger partial charge in [-0.1, -0.05) is 23.4 Å². The zero-order valence-electron chi connectivity index (χ0n) is 15.6. The van der Waals surface area contributed by atoms with E-state index in [1.54, 1.807) is 9.80 Å². The van der Waals surface area contributed by atoms with Crippen molar-refractivity contribution >= 4 is 17.5 Å². The Kier molecular flexibility index (Phi) is 5.40. The zero-order valence-corrected chi connectivity index (χ0v) is 15.6. The van der Waals surface area contributed by atoms with Gasteiger partial charge in [0, 0.05) is 30.8 Å². The quantitative estimate of drug-likeness (QED) is 0.799. The van der Waals surface area contributed by atoms with Gasteiger partial charge in [-0.15, -0.1) is 0 Å². The minimum Gasteiger partial charge on any atom is -0.361 e. The second-order valence-electron chi connectivity index (χ2n) is 6.61. The van der Waals surface area contributed by atoms with Crippen LogP contribution in [0.2, 0.25) is 0 Å². The molecule has 1 atom stereocenters. The summed E-state index contributed by atoms with van der Waals surface area (Å²) in [6, 6.07) is 9.24. The molecule has 2 amide bonds. The highest BCUT2D eigenvalue weighted by atomic mass is 16.5. The standard InChI is InChI=1S/C20H25N3O3/c1-4-22(19(24)11-10-17-14(2)21-26-15(17)3)18-12-13-23(20(18)25)16-8-6-5-7-9-16/h5-9,18H,4,10-13H2,1-3H3/t18-/m1/s1. The fourth-order valence-electron chi connectivity index (χ4n) is 3.62. The van der Waals surface area contributed by atoms with Crippen LogP contribution in [-0.2, 0) is 16.0 Å². The maximum Gasteiger partial charge on any atom is 0.249 e. The van der Waals surface area contributed by atoms with E-state index in [0.29, 0.717) is 32.4 Å². The van der Waals surface area contributed by atoms with Crippen LogP contribution in [0.15, 0.2) is 34.9 Å². The summed E-state index contributed by atoms with van der Waals surface area (Å²) in [7, 11) is 0. The summed E-state index contributed by atoms with van der Waals surface area (Å²) in [6.07, 6.45) is 1.60. The maximum atomic E-state index is 12.9. The lowest BCUT2D eigenvalue weighted by Gasteiger charge is -2.27. The number of anilines is 1. The molecule has 1 aromatic heterocycles. The predicted octanol–water partition coefficient (Wildman–Crippen LogP) is 2.88. The second kappa shape index (κ2) is 7.72. The lowest BCUT2D eigenvalue weighted by Crippen LogP contribution is -2.45. The molecule has 2 aromatic rings. The third-order valence-corrected chi connectivity index (χ3v) is 5.05. The van der Waals surface area contributed by atoms with Gasteiger partial charge in [-0.25, -0.2) is 0 Å². The minimum atomic E-state index is -0.377. The molecule has 1 aliphatic heterocycles. The van der Waals surface area contributed by atoms with Gasteiger partial charge in [-0.3, -0.25) is 9.59 Å². The lowest BCUT2D eigenvalue weighted by atomic mass is 10.1. The zero-order chi connectivity index (χ0) is 18.7. The molecule has 1 fully saturated rings. The van der Waals surface area contributed by atoms with Crippen molar-refractivity contribution in [2.75, 3.05) is 18.0 Å². The van der Waals surface area contributed by atoms with E-state index in [-0.39, 0.29) is 17.9 Å². The van der Waals surface area contributed by atoms with Crippen molar-refractivity contribution in [3.8, 4) is 0 Å². The van der Waals surface area contributed by atoms with Gasteiger partial charge < -0.3 is 14.3 Å². The molecule has 26 heavy (non-hydrogen) atoms. The Morgan fingerprint density at radius 3 is 2.65 bits per heavy atom. The molecule has 0 unspecified atom stereocenters. The molecule has 1 aliphatic rings. The Labute approximate surface area is 153 Å². The second-order valence-corrected chi connectivity index (χ2v) is 6.61.